The Labute approximate surface area is 183 Å². The van der Waals surface area contributed by atoms with Crippen LogP contribution in [0, 0.1) is 11.7 Å². The van der Waals surface area contributed by atoms with Gasteiger partial charge in [-0.15, -0.1) is 5.10 Å². The van der Waals surface area contributed by atoms with E-state index in [1.807, 2.05) is 18.2 Å². The number of hydrogen-bond donors (Lipinski definition) is 0. The van der Waals surface area contributed by atoms with Gasteiger partial charge in [0.2, 0.25) is 5.82 Å². The average molecular weight is 451 g/mol. The molecule has 1 aliphatic rings. The minimum absolute atomic E-state index is 0.0215. The maximum atomic E-state index is 14.2. The highest BCUT2D eigenvalue weighted by Crippen LogP contribution is 2.25. The fourth-order valence-corrected chi connectivity index (χ4v) is 3.89. The first-order chi connectivity index (χ1) is 15.0. The van der Waals surface area contributed by atoms with Crippen molar-refractivity contribution in [3.05, 3.63) is 70.8 Å². The van der Waals surface area contributed by atoms with Gasteiger partial charge in [-0.1, -0.05) is 35.9 Å². The minimum Gasteiger partial charge on any atom is -0.463 e. The van der Waals surface area contributed by atoms with Crippen molar-refractivity contribution in [3.8, 4) is 11.7 Å². The predicted molar refractivity (Wildman–Crippen MR) is 111 cm³/mol. The van der Waals surface area contributed by atoms with Crippen LogP contribution in [0.15, 0.2) is 48.5 Å². The monoisotopic (exact) mass is 450 g/mol. The number of likely N-dealkylation sites (tertiary alicyclic amines) is 1. The summed E-state index contributed by atoms with van der Waals surface area (Å²) in [6.45, 7) is 2.92. The van der Waals surface area contributed by atoms with Gasteiger partial charge in [0.25, 0.3) is 6.43 Å². The lowest BCUT2D eigenvalue weighted by atomic mass is 9.97. The Morgan fingerprint density at radius 3 is 2.58 bits per heavy atom. The van der Waals surface area contributed by atoms with Gasteiger partial charge in [0, 0.05) is 11.6 Å². The van der Waals surface area contributed by atoms with Crippen molar-refractivity contribution < 1.29 is 17.9 Å². The van der Waals surface area contributed by atoms with Crippen molar-refractivity contribution in [1.29, 1.82) is 0 Å². The van der Waals surface area contributed by atoms with E-state index in [0.29, 0.717) is 6.61 Å². The Morgan fingerprint density at radius 2 is 1.87 bits per heavy atom. The van der Waals surface area contributed by atoms with Crippen molar-refractivity contribution in [2.24, 2.45) is 5.92 Å². The van der Waals surface area contributed by atoms with E-state index in [-0.39, 0.29) is 17.6 Å². The highest BCUT2D eigenvalue weighted by atomic mass is 35.5. The molecule has 0 atom stereocenters. The molecule has 3 aromatic rings. The molecule has 2 aromatic carbocycles. The zero-order valence-corrected chi connectivity index (χ0v) is 17.5. The molecule has 1 aromatic heterocycles. The Kier molecular flexibility index (Phi) is 6.77. The molecule has 1 saturated heterocycles. The molecule has 0 aliphatic carbocycles. The Bertz CT molecular complexity index is 1020. The minimum atomic E-state index is -2.87. The van der Waals surface area contributed by atoms with E-state index >= 15 is 0 Å². The van der Waals surface area contributed by atoms with Gasteiger partial charge in [-0.2, -0.15) is 9.67 Å². The summed E-state index contributed by atoms with van der Waals surface area (Å²) in [4.78, 5) is 6.13. The number of halogens is 4. The number of alkyl halides is 2. The van der Waals surface area contributed by atoms with Gasteiger partial charge >= 0.3 is 6.01 Å². The van der Waals surface area contributed by atoms with Crippen LogP contribution < -0.4 is 4.74 Å². The Balaban J connectivity index is 1.37. The summed E-state index contributed by atoms with van der Waals surface area (Å²) >= 11 is 6.05. The smallest absolute Gasteiger partial charge is 0.320 e. The second-order valence-corrected chi connectivity index (χ2v) is 8.01. The molecule has 0 unspecified atom stereocenters. The highest BCUT2D eigenvalue weighted by Gasteiger charge is 2.24. The first-order valence-corrected chi connectivity index (χ1v) is 10.5. The fraction of sp³-hybridized carbons (Fsp3) is 0.364. The zero-order chi connectivity index (χ0) is 21.8. The SMILES string of the molecule is Fc1ccccc1-n1nc(C(F)F)nc1OCC1CCN(Cc2cccc(Cl)c2)CC1. The third kappa shape index (κ3) is 5.37. The first-order valence-electron chi connectivity index (χ1n) is 10.1. The molecule has 0 amide bonds. The van der Waals surface area contributed by atoms with E-state index in [4.69, 9.17) is 16.3 Å². The van der Waals surface area contributed by atoms with E-state index in [9.17, 15) is 13.2 Å². The van der Waals surface area contributed by atoms with Gasteiger partial charge in [0.05, 0.1) is 6.61 Å². The van der Waals surface area contributed by atoms with Crippen LogP contribution in [0.3, 0.4) is 0 Å². The van der Waals surface area contributed by atoms with Crippen molar-refractivity contribution in [2.45, 2.75) is 25.8 Å². The van der Waals surface area contributed by atoms with Crippen LogP contribution in [0.25, 0.3) is 5.69 Å². The third-order valence-electron chi connectivity index (χ3n) is 5.32. The molecule has 164 valence electrons. The summed E-state index contributed by atoms with van der Waals surface area (Å²) in [5, 5.41) is 4.47. The summed E-state index contributed by atoms with van der Waals surface area (Å²) < 4.78 is 47.1. The molecule has 1 fully saturated rings. The summed E-state index contributed by atoms with van der Waals surface area (Å²) in [5.41, 5.74) is 1.19. The van der Waals surface area contributed by atoms with Crippen molar-refractivity contribution in [1.82, 2.24) is 19.7 Å². The maximum absolute atomic E-state index is 14.2. The first kappa shape index (κ1) is 21.6. The predicted octanol–water partition coefficient (Wildman–Crippen LogP) is 5.29. The van der Waals surface area contributed by atoms with E-state index in [1.165, 1.54) is 23.8 Å². The second kappa shape index (κ2) is 9.70. The Morgan fingerprint density at radius 1 is 1.10 bits per heavy atom. The van der Waals surface area contributed by atoms with Gasteiger partial charge in [0.15, 0.2) is 0 Å². The number of aromatic nitrogens is 3. The van der Waals surface area contributed by atoms with Crippen LogP contribution in [-0.2, 0) is 6.54 Å². The van der Waals surface area contributed by atoms with E-state index in [1.54, 1.807) is 6.07 Å². The van der Waals surface area contributed by atoms with E-state index in [2.05, 4.69) is 21.0 Å². The average Bonchev–Trinajstić information content (AvgIpc) is 3.18. The molecule has 0 radical (unpaired) electrons. The number of ether oxygens (including phenoxy) is 1. The Hall–Kier alpha value is -2.58. The molecular weight excluding hydrogens is 429 g/mol. The molecule has 31 heavy (non-hydrogen) atoms. The molecule has 0 N–H and O–H groups in total. The number of para-hydroxylation sites is 1. The van der Waals surface area contributed by atoms with Crippen LogP contribution in [0.4, 0.5) is 13.2 Å². The van der Waals surface area contributed by atoms with Crippen LogP contribution >= 0.6 is 11.6 Å². The molecule has 9 heteroatoms. The summed E-state index contributed by atoms with van der Waals surface area (Å²) in [6, 6.07) is 13.5. The van der Waals surface area contributed by atoms with Crippen molar-refractivity contribution in [3.63, 3.8) is 0 Å². The quantitative estimate of drug-likeness (QED) is 0.490. The number of benzene rings is 2. The maximum Gasteiger partial charge on any atom is 0.320 e. The van der Waals surface area contributed by atoms with Gasteiger partial charge in [-0.25, -0.2) is 13.2 Å². The molecule has 5 nitrogen and oxygen atoms in total. The fourth-order valence-electron chi connectivity index (χ4n) is 3.68. The molecule has 4 rings (SSSR count). The summed E-state index contributed by atoms with van der Waals surface area (Å²) in [6.07, 6.45) is -1.07. The molecular formula is C22H22ClF3N4O. The lowest BCUT2D eigenvalue weighted by Crippen LogP contribution is -2.35. The zero-order valence-electron chi connectivity index (χ0n) is 16.7. The van der Waals surface area contributed by atoms with Gasteiger partial charge in [-0.05, 0) is 61.7 Å². The van der Waals surface area contributed by atoms with E-state index < -0.39 is 18.1 Å². The second-order valence-electron chi connectivity index (χ2n) is 7.58. The number of nitrogens with zero attached hydrogens (tertiary/aromatic N) is 4. The molecule has 1 aliphatic heterocycles. The van der Waals surface area contributed by atoms with Crippen LogP contribution in [0.1, 0.15) is 30.7 Å². The molecule has 0 bridgehead atoms. The lowest BCUT2D eigenvalue weighted by Gasteiger charge is -2.31. The molecule has 0 spiro atoms. The standard InChI is InChI=1S/C22H22ClF3N4O/c23-17-5-3-4-16(12-17)13-29-10-8-15(9-11-29)14-31-22-27-21(20(25)26)28-30(22)19-7-2-1-6-18(19)24/h1-7,12,15,20H,8-11,13-14H2. The van der Waals surface area contributed by atoms with Crippen LogP contribution in [0.2, 0.25) is 5.02 Å². The highest BCUT2D eigenvalue weighted by molar-refractivity contribution is 6.30. The topological polar surface area (TPSA) is 43.2 Å². The van der Waals surface area contributed by atoms with Gasteiger partial charge in [0.1, 0.15) is 11.5 Å². The normalized spacial score (nSPS) is 15.5. The third-order valence-corrected chi connectivity index (χ3v) is 5.56. The van der Waals surface area contributed by atoms with Crippen LogP contribution in [-0.4, -0.2) is 39.4 Å². The van der Waals surface area contributed by atoms with Gasteiger partial charge in [-0.3, -0.25) is 4.90 Å². The number of hydrogen-bond acceptors (Lipinski definition) is 4. The number of piperidine rings is 1. The van der Waals surface area contributed by atoms with Crippen LogP contribution in [0.5, 0.6) is 6.01 Å². The van der Waals surface area contributed by atoms with Crippen molar-refractivity contribution in [2.75, 3.05) is 19.7 Å². The summed E-state index contributed by atoms with van der Waals surface area (Å²) in [7, 11) is 0. The van der Waals surface area contributed by atoms with Gasteiger partial charge < -0.3 is 4.74 Å². The largest absolute Gasteiger partial charge is 0.463 e. The summed E-state index contributed by atoms with van der Waals surface area (Å²) in [5.74, 6) is -1.03. The number of rotatable bonds is 7. The lowest BCUT2D eigenvalue weighted by molar-refractivity contribution is 0.129. The molecule has 0 saturated carbocycles. The van der Waals surface area contributed by atoms with E-state index in [0.717, 1.165) is 42.2 Å². The molecule has 2 heterocycles. The van der Waals surface area contributed by atoms with Crippen molar-refractivity contribution >= 4 is 11.6 Å².